The molecule has 4 aromatic heterocycles. The van der Waals surface area contributed by atoms with Gasteiger partial charge in [-0.25, -0.2) is 24.6 Å². The van der Waals surface area contributed by atoms with Crippen molar-refractivity contribution in [1.29, 1.82) is 0 Å². The van der Waals surface area contributed by atoms with Gasteiger partial charge in [0.25, 0.3) is 0 Å². The number of rotatable bonds is 1. The lowest BCUT2D eigenvalue weighted by atomic mass is 10.5. The predicted molar refractivity (Wildman–Crippen MR) is 68.1 cm³/mol. The molecule has 0 aliphatic carbocycles. The Kier molecular flexibility index (Phi) is 1.88. The molecule has 0 amide bonds. The first-order valence-electron chi connectivity index (χ1n) is 5.52. The van der Waals surface area contributed by atoms with Crippen LogP contribution < -0.4 is 11.5 Å². The van der Waals surface area contributed by atoms with Crippen molar-refractivity contribution in [2.24, 2.45) is 0 Å². The van der Waals surface area contributed by atoms with Crippen LogP contribution in [0.1, 0.15) is 0 Å². The van der Waals surface area contributed by atoms with Gasteiger partial charge < -0.3 is 11.5 Å². The van der Waals surface area contributed by atoms with Gasteiger partial charge in [0.15, 0.2) is 17.0 Å². The number of imidazole rings is 1. The van der Waals surface area contributed by atoms with Crippen LogP contribution >= 0.6 is 0 Å². The third-order valence-electron chi connectivity index (χ3n) is 2.76. The normalized spacial score (nSPS) is 11.4. The first-order chi connectivity index (χ1) is 9.74. The summed E-state index contributed by atoms with van der Waals surface area (Å²) in [5.41, 5.74) is 13.2. The van der Waals surface area contributed by atoms with Gasteiger partial charge in [0.2, 0.25) is 11.6 Å². The largest absolute Gasteiger partial charge is 0.382 e. The van der Waals surface area contributed by atoms with E-state index >= 15 is 0 Å². The Balaban J connectivity index is 2.04. The Morgan fingerprint density at radius 1 is 1.05 bits per heavy atom. The molecule has 0 aromatic carbocycles. The average Bonchev–Trinajstić information content (AvgIpc) is 3.02. The summed E-state index contributed by atoms with van der Waals surface area (Å²) in [4.78, 5) is 21.5. The number of nitrogen functional groups attached to an aromatic ring is 2. The highest BCUT2D eigenvalue weighted by Crippen LogP contribution is 2.15. The fourth-order valence-corrected chi connectivity index (χ4v) is 1.86. The molecule has 4 rings (SSSR count). The minimum Gasteiger partial charge on any atom is -0.382 e. The van der Waals surface area contributed by atoms with Crippen LogP contribution in [0.4, 0.5) is 11.8 Å². The van der Waals surface area contributed by atoms with E-state index in [0.717, 1.165) is 0 Å². The van der Waals surface area contributed by atoms with Gasteiger partial charge in [0, 0.05) is 0 Å². The minimum atomic E-state index is 0.151. The number of fused-ring (bicyclic) bond motifs is 2. The van der Waals surface area contributed by atoms with Gasteiger partial charge >= 0.3 is 0 Å². The smallest absolute Gasteiger partial charge is 0.222 e. The summed E-state index contributed by atoms with van der Waals surface area (Å²) in [7, 11) is 0. The maximum absolute atomic E-state index is 5.72. The second-order valence-electron chi connectivity index (χ2n) is 3.94. The molecule has 0 atom stereocenters. The fourth-order valence-electron chi connectivity index (χ4n) is 1.86. The summed E-state index contributed by atoms with van der Waals surface area (Å²) in [6.45, 7) is 0. The molecule has 4 N–H and O–H groups in total. The molecule has 11 nitrogen and oxygen atoms in total. The third-order valence-corrected chi connectivity index (χ3v) is 2.76. The number of nitrogens with zero attached hydrogens (tertiary/aromatic N) is 9. The van der Waals surface area contributed by atoms with E-state index in [0.29, 0.717) is 22.3 Å². The van der Waals surface area contributed by atoms with E-state index in [1.54, 1.807) is 10.9 Å². The molecule has 98 valence electrons. The Hall–Kier alpha value is -3.37. The predicted octanol–water partition coefficient (Wildman–Crippen LogP) is -1.16. The van der Waals surface area contributed by atoms with Crippen molar-refractivity contribution in [3.05, 3.63) is 18.9 Å². The molecule has 4 heterocycles. The maximum atomic E-state index is 5.72. The molecular formula is C9H7N11. The van der Waals surface area contributed by atoms with Gasteiger partial charge in [-0.1, -0.05) is 0 Å². The Bertz CT molecular complexity index is 936. The van der Waals surface area contributed by atoms with Crippen molar-refractivity contribution in [2.45, 2.75) is 0 Å². The first kappa shape index (κ1) is 10.5. The molecule has 0 aliphatic rings. The van der Waals surface area contributed by atoms with Crippen LogP contribution in [0.25, 0.3) is 22.3 Å². The molecule has 4 aromatic rings. The molecule has 0 radical (unpaired) electrons. The van der Waals surface area contributed by atoms with Gasteiger partial charge in [-0.2, -0.15) is 4.98 Å². The Morgan fingerprint density at radius 3 is 2.85 bits per heavy atom. The first-order valence-corrected chi connectivity index (χ1v) is 5.52. The molecule has 0 bridgehead atoms. The van der Waals surface area contributed by atoms with Gasteiger partial charge in [-0.3, -0.25) is 0 Å². The molecule has 0 aliphatic heterocycles. The lowest BCUT2D eigenvalue weighted by Crippen LogP contribution is -2.11. The number of nitrogens with two attached hydrogens (primary N) is 2. The Morgan fingerprint density at radius 2 is 1.95 bits per heavy atom. The lowest BCUT2D eigenvalue weighted by Gasteiger charge is -2.02. The molecule has 20 heavy (non-hydrogen) atoms. The van der Waals surface area contributed by atoms with E-state index in [1.807, 2.05) is 0 Å². The van der Waals surface area contributed by atoms with Crippen LogP contribution in [-0.4, -0.2) is 44.7 Å². The fraction of sp³-hybridized carbons (Fsp3) is 0. The minimum absolute atomic E-state index is 0.151. The zero-order valence-corrected chi connectivity index (χ0v) is 9.91. The van der Waals surface area contributed by atoms with E-state index < -0.39 is 0 Å². The topological polar surface area (TPSA) is 152 Å². The summed E-state index contributed by atoms with van der Waals surface area (Å²) in [5.74, 6) is 0.406. The second-order valence-corrected chi connectivity index (χ2v) is 3.94. The van der Waals surface area contributed by atoms with Crippen molar-refractivity contribution in [2.75, 3.05) is 11.5 Å². The molecule has 0 saturated heterocycles. The molecule has 11 heteroatoms. The SMILES string of the molecule is Nc1ncc2c(ncn2-n2nnc3c(N)ncnc32)n1. The van der Waals surface area contributed by atoms with Crippen molar-refractivity contribution in [1.82, 2.24) is 44.7 Å². The Labute approximate surface area is 110 Å². The zero-order valence-electron chi connectivity index (χ0n) is 9.91. The zero-order chi connectivity index (χ0) is 13.7. The molecule has 0 fully saturated rings. The number of anilines is 2. The van der Waals surface area contributed by atoms with Gasteiger partial charge in [0.05, 0.1) is 6.20 Å². The van der Waals surface area contributed by atoms with E-state index in [2.05, 4.69) is 35.2 Å². The van der Waals surface area contributed by atoms with Crippen LogP contribution in [0.2, 0.25) is 0 Å². The quantitative estimate of drug-likeness (QED) is 0.435. The van der Waals surface area contributed by atoms with Crippen LogP contribution in [0.3, 0.4) is 0 Å². The van der Waals surface area contributed by atoms with E-state index in [9.17, 15) is 0 Å². The molecule has 0 saturated carbocycles. The van der Waals surface area contributed by atoms with Gasteiger partial charge in [-0.05, 0) is 5.21 Å². The highest BCUT2D eigenvalue weighted by atomic mass is 15.7. The summed E-state index contributed by atoms with van der Waals surface area (Å²) < 4.78 is 1.59. The maximum Gasteiger partial charge on any atom is 0.222 e. The lowest BCUT2D eigenvalue weighted by molar-refractivity contribution is 0.578. The highest BCUT2D eigenvalue weighted by molar-refractivity contribution is 5.80. The highest BCUT2D eigenvalue weighted by Gasteiger charge is 2.14. The monoisotopic (exact) mass is 269 g/mol. The van der Waals surface area contributed by atoms with Gasteiger partial charge in [0.1, 0.15) is 18.2 Å². The van der Waals surface area contributed by atoms with E-state index in [4.69, 9.17) is 11.5 Å². The van der Waals surface area contributed by atoms with Crippen molar-refractivity contribution >= 4 is 34.1 Å². The number of hydrogen-bond donors (Lipinski definition) is 2. The van der Waals surface area contributed by atoms with E-state index in [1.165, 1.54) is 17.4 Å². The van der Waals surface area contributed by atoms with Crippen LogP contribution in [0, 0.1) is 0 Å². The summed E-state index contributed by atoms with van der Waals surface area (Å²) in [6.07, 6.45) is 4.40. The van der Waals surface area contributed by atoms with Gasteiger partial charge in [-0.15, -0.1) is 9.89 Å². The molecule has 0 spiro atoms. The van der Waals surface area contributed by atoms with Crippen molar-refractivity contribution < 1.29 is 0 Å². The third kappa shape index (κ3) is 1.31. The number of hydrogen-bond acceptors (Lipinski definition) is 9. The number of aromatic nitrogens is 9. The van der Waals surface area contributed by atoms with Crippen LogP contribution in [0.5, 0.6) is 0 Å². The standard InChI is InChI=1S/C9H7N11/c10-6-5-8(14-2-13-6)20(18-17-5)19-3-15-7-4(19)1-12-9(11)16-7/h1-3H,(H2,10,13,14)(H2,11,12,16). The summed E-state index contributed by atoms with van der Waals surface area (Å²) in [6, 6.07) is 0. The second kappa shape index (κ2) is 3.57. The van der Waals surface area contributed by atoms with Crippen molar-refractivity contribution in [3.8, 4) is 0 Å². The van der Waals surface area contributed by atoms with Crippen LogP contribution in [0.15, 0.2) is 18.9 Å². The summed E-state index contributed by atoms with van der Waals surface area (Å²) in [5, 5.41) is 7.94. The van der Waals surface area contributed by atoms with Crippen molar-refractivity contribution in [3.63, 3.8) is 0 Å². The molecule has 0 unspecified atom stereocenters. The average molecular weight is 269 g/mol. The molecular weight excluding hydrogens is 262 g/mol. The summed E-state index contributed by atoms with van der Waals surface area (Å²) >= 11 is 0. The van der Waals surface area contributed by atoms with Crippen LogP contribution in [-0.2, 0) is 0 Å². The van der Waals surface area contributed by atoms with E-state index in [-0.39, 0.29) is 11.8 Å².